The van der Waals surface area contributed by atoms with Crippen LogP contribution in [0, 0.1) is 39.0 Å². The van der Waals surface area contributed by atoms with Crippen molar-refractivity contribution in [3.63, 3.8) is 0 Å². The molecule has 6 heteroatoms. The molecule has 0 atom stereocenters. The molecule has 8 rings (SSSR count). The molecule has 0 spiro atoms. The number of aryl methyl sites for hydroxylation is 4. The number of rotatable bonds is 3. The largest absolute Gasteiger partial charge is 0.416 e. The lowest BCUT2D eigenvalue weighted by molar-refractivity contribution is -0.137. The lowest BCUT2D eigenvalue weighted by atomic mass is 9.96. The van der Waals surface area contributed by atoms with Crippen molar-refractivity contribution >= 4 is 43.6 Å². The van der Waals surface area contributed by atoms with Gasteiger partial charge in [0, 0.05) is 27.1 Å². The SMILES string of the molecule is Cc1ccc2c3ccc(C)cc3n(-c3ccc(-c4cccc(C(F)(F)F)c4)c(-n4c5cc(C)ccc5c5ccc(C)cc54)c3C#N)c2c1. The van der Waals surface area contributed by atoms with Gasteiger partial charge in [-0.15, -0.1) is 0 Å². The van der Waals surface area contributed by atoms with E-state index in [-0.39, 0.29) is 0 Å². The van der Waals surface area contributed by atoms with Crippen molar-refractivity contribution in [1.82, 2.24) is 9.13 Å². The number of nitriles is 1. The fourth-order valence-corrected chi connectivity index (χ4v) is 7.18. The Morgan fingerprint density at radius 1 is 0.542 bits per heavy atom. The fraction of sp³-hybridized carbons (Fsp3) is 0.119. The van der Waals surface area contributed by atoms with Crippen LogP contribution in [0.15, 0.2) is 109 Å². The number of aromatic nitrogens is 2. The molecule has 2 heterocycles. The van der Waals surface area contributed by atoms with Gasteiger partial charge in [-0.3, -0.25) is 0 Å². The molecular formula is C42H30F3N3. The van der Waals surface area contributed by atoms with Gasteiger partial charge >= 0.3 is 6.18 Å². The Kier molecular flexibility index (Phi) is 6.54. The van der Waals surface area contributed by atoms with Gasteiger partial charge in [-0.1, -0.05) is 66.7 Å². The summed E-state index contributed by atoms with van der Waals surface area (Å²) in [6, 6.07) is 36.8. The van der Waals surface area contributed by atoms with E-state index in [9.17, 15) is 18.4 Å². The highest BCUT2D eigenvalue weighted by Crippen LogP contribution is 2.43. The fourth-order valence-electron chi connectivity index (χ4n) is 7.18. The van der Waals surface area contributed by atoms with E-state index in [0.29, 0.717) is 28.1 Å². The molecule has 8 aromatic rings. The summed E-state index contributed by atoms with van der Waals surface area (Å²) in [5.41, 5.74) is 9.66. The summed E-state index contributed by atoms with van der Waals surface area (Å²) in [6.45, 7) is 8.13. The average Bonchev–Trinajstić information content (AvgIpc) is 3.53. The third-order valence-corrected chi connectivity index (χ3v) is 9.39. The van der Waals surface area contributed by atoms with Gasteiger partial charge in [0.05, 0.1) is 39.0 Å². The van der Waals surface area contributed by atoms with Crippen molar-refractivity contribution in [1.29, 1.82) is 5.26 Å². The Balaban J connectivity index is 1.58. The molecule has 0 saturated carbocycles. The van der Waals surface area contributed by atoms with Crippen LogP contribution in [-0.2, 0) is 6.18 Å². The van der Waals surface area contributed by atoms with Crippen molar-refractivity contribution in [2.24, 2.45) is 0 Å². The molecule has 0 bridgehead atoms. The second kappa shape index (κ2) is 10.6. The van der Waals surface area contributed by atoms with E-state index < -0.39 is 11.7 Å². The number of hydrogen-bond acceptors (Lipinski definition) is 1. The molecule has 0 amide bonds. The van der Waals surface area contributed by atoms with Crippen LogP contribution in [0.5, 0.6) is 0 Å². The highest BCUT2D eigenvalue weighted by atomic mass is 19.4. The normalized spacial score (nSPS) is 12.0. The van der Waals surface area contributed by atoms with E-state index in [1.165, 1.54) is 12.1 Å². The summed E-state index contributed by atoms with van der Waals surface area (Å²) in [7, 11) is 0. The maximum atomic E-state index is 14.1. The standard InChI is InChI=1S/C42H30F3N3/c1-24-8-12-31-32-13-9-25(2)19-38(32)47(37(31)18-24)36-17-16-30(28-6-5-7-29(22-28)42(43,44)45)41(35(36)23-46)48-39-20-26(3)10-14-33(39)34-15-11-27(4)21-40(34)48/h5-22H,1-4H3. The summed E-state index contributed by atoms with van der Waals surface area (Å²) in [5, 5.41) is 15.3. The molecule has 6 aromatic carbocycles. The second-order valence-electron chi connectivity index (χ2n) is 12.8. The third-order valence-electron chi connectivity index (χ3n) is 9.39. The molecule has 234 valence electrons. The maximum absolute atomic E-state index is 14.1. The lowest BCUT2D eigenvalue weighted by Gasteiger charge is -2.20. The van der Waals surface area contributed by atoms with Crippen molar-refractivity contribution in [2.75, 3.05) is 0 Å². The van der Waals surface area contributed by atoms with E-state index in [4.69, 9.17) is 0 Å². The number of benzene rings is 6. The maximum Gasteiger partial charge on any atom is 0.416 e. The van der Waals surface area contributed by atoms with Crippen LogP contribution >= 0.6 is 0 Å². The summed E-state index contributed by atoms with van der Waals surface area (Å²) in [5.74, 6) is 0. The highest BCUT2D eigenvalue weighted by Gasteiger charge is 2.31. The van der Waals surface area contributed by atoms with Crippen LogP contribution in [0.3, 0.4) is 0 Å². The topological polar surface area (TPSA) is 33.6 Å². The molecule has 48 heavy (non-hydrogen) atoms. The summed E-state index contributed by atoms with van der Waals surface area (Å²) >= 11 is 0. The van der Waals surface area contributed by atoms with Crippen LogP contribution in [0.25, 0.3) is 66.1 Å². The molecule has 0 saturated heterocycles. The van der Waals surface area contributed by atoms with Crippen molar-refractivity contribution < 1.29 is 13.2 Å². The molecule has 0 N–H and O–H groups in total. The summed E-state index contributed by atoms with van der Waals surface area (Å²) in [6.07, 6.45) is -4.52. The molecule has 0 aliphatic carbocycles. The minimum absolute atomic E-state index is 0.369. The second-order valence-corrected chi connectivity index (χ2v) is 12.8. The van der Waals surface area contributed by atoms with Gasteiger partial charge in [-0.05, 0) is 98.0 Å². The van der Waals surface area contributed by atoms with Gasteiger partial charge in [0.2, 0.25) is 0 Å². The average molecular weight is 634 g/mol. The Bertz CT molecular complexity index is 2540. The first-order valence-corrected chi connectivity index (χ1v) is 15.8. The van der Waals surface area contributed by atoms with Crippen LogP contribution in [-0.4, -0.2) is 9.13 Å². The van der Waals surface area contributed by atoms with Gasteiger partial charge in [0.1, 0.15) is 11.6 Å². The predicted molar refractivity (Wildman–Crippen MR) is 189 cm³/mol. The molecule has 2 aromatic heterocycles. The molecule has 0 radical (unpaired) electrons. The van der Waals surface area contributed by atoms with Crippen LogP contribution in [0.1, 0.15) is 33.4 Å². The summed E-state index contributed by atoms with van der Waals surface area (Å²) in [4.78, 5) is 0. The van der Waals surface area contributed by atoms with E-state index in [2.05, 4.69) is 88.0 Å². The van der Waals surface area contributed by atoms with Crippen molar-refractivity contribution in [3.05, 3.63) is 143 Å². The van der Waals surface area contributed by atoms with Gasteiger partial charge in [0.15, 0.2) is 0 Å². The monoisotopic (exact) mass is 633 g/mol. The number of halogens is 3. The van der Waals surface area contributed by atoms with Crippen molar-refractivity contribution in [2.45, 2.75) is 33.9 Å². The van der Waals surface area contributed by atoms with Crippen molar-refractivity contribution in [3.8, 4) is 28.6 Å². The highest BCUT2D eigenvalue weighted by molar-refractivity contribution is 6.12. The first kappa shape index (κ1) is 29.6. The van der Waals surface area contributed by atoms with E-state index in [1.807, 2.05) is 39.8 Å². The smallest absolute Gasteiger partial charge is 0.308 e. The molecule has 0 fully saturated rings. The molecular weight excluding hydrogens is 603 g/mol. The Morgan fingerprint density at radius 3 is 1.44 bits per heavy atom. The van der Waals surface area contributed by atoms with Gasteiger partial charge < -0.3 is 9.13 Å². The Morgan fingerprint density at radius 2 is 1.00 bits per heavy atom. The van der Waals surface area contributed by atoms with Gasteiger partial charge in [-0.25, -0.2) is 0 Å². The van der Waals surface area contributed by atoms with E-state index in [0.717, 1.165) is 71.9 Å². The summed E-state index contributed by atoms with van der Waals surface area (Å²) < 4.78 is 46.4. The predicted octanol–water partition coefficient (Wildman–Crippen LogP) is 11.7. The van der Waals surface area contributed by atoms with Gasteiger partial charge in [-0.2, -0.15) is 18.4 Å². The number of hydrogen-bond donors (Lipinski definition) is 0. The number of alkyl halides is 3. The van der Waals surface area contributed by atoms with Crippen LogP contribution < -0.4 is 0 Å². The molecule has 0 aliphatic rings. The Hall–Kier alpha value is -5.80. The first-order chi connectivity index (χ1) is 23.0. The Labute approximate surface area is 275 Å². The third kappa shape index (κ3) is 4.50. The molecule has 0 unspecified atom stereocenters. The zero-order valence-corrected chi connectivity index (χ0v) is 26.9. The molecule has 0 aliphatic heterocycles. The minimum atomic E-state index is -4.52. The number of fused-ring (bicyclic) bond motifs is 6. The first-order valence-electron chi connectivity index (χ1n) is 15.8. The molecule has 3 nitrogen and oxygen atoms in total. The lowest BCUT2D eigenvalue weighted by Crippen LogP contribution is -2.08. The van der Waals surface area contributed by atoms with Crippen LogP contribution in [0.4, 0.5) is 13.2 Å². The number of nitrogens with zero attached hydrogens (tertiary/aromatic N) is 3. The van der Waals surface area contributed by atoms with E-state index >= 15 is 0 Å². The van der Waals surface area contributed by atoms with Crippen LogP contribution in [0.2, 0.25) is 0 Å². The minimum Gasteiger partial charge on any atom is -0.308 e. The van der Waals surface area contributed by atoms with Gasteiger partial charge in [0.25, 0.3) is 0 Å². The zero-order valence-electron chi connectivity index (χ0n) is 26.9. The quantitative estimate of drug-likeness (QED) is 0.191. The zero-order chi connectivity index (χ0) is 33.5. The van der Waals surface area contributed by atoms with E-state index in [1.54, 1.807) is 6.07 Å².